The Bertz CT molecular complexity index is 389. The van der Waals surface area contributed by atoms with E-state index < -0.39 is 0 Å². The average molecular weight is 282 g/mol. The summed E-state index contributed by atoms with van der Waals surface area (Å²) in [5.41, 5.74) is 1.19. The van der Waals surface area contributed by atoms with Crippen LogP contribution in [0.1, 0.15) is 24.8 Å². The first-order valence-corrected chi connectivity index (χ1v) is 8.01. The number of aliphatic hydroxyl groups is 1. The van der Waals surface area contributed by atoms with Crippen LogP contribution in [0.5, 0.6) is 11.5 Å². The van der Waals surface area contributed by atoms with Gasteiger partial charge in [-0.15, -0.1) is 0 Å². The maximum atomic E-state index is 8.90. The summed E-state index contributed by atoms with van der Waals surface area (Å²) in [6.07, 6.45) is 4.18. The molecule has 1 aromatic carbocycles. The normalized spacial score (nSPS) is 16.3. The van der Waals surface area contributed by atoms with Crippen molar-refractivity contribution in [2.75, 3.05) is 25.2 Å². The molecule has 0 saturated carbocycles. The second kappa shape index (κ2) is 7.65. The summed E-state index contributed by atoms with van der Waals surface area (Å²) in [5.74, 6) is 4.00. The van der Waals surface area contributed by atoms with Gasteiger partial charge in [-0.05, 0) is 54.9 Å². The number of aryl methyl sites for hydroxylation is 1. The predicted molar refractivity (Wildman–Crippen MR) is 79.4 cm³/mol. The third-order valence-corrected chi connectivity index (χ3v) is 4.36. The minimum absolute atomic E-state index is 0.224. The molecule has 0 unspecified atom stereocenters. The monoisotopic (exact) mass is 282 g/mol. The number of ether oxygens (including phenoxy) is 2. The zero-order valence-electron chi connectivity index (χ0n) is 11.4. The largest absolute Gasteiger partial charge is 0.493 e. The van der Waals surface area contributed by atoms with Crippen LogP contribution in [0.3, 0.4) is 0 Å². The number of benzene rings is 1. The zero-order valence-corrected chi connectivity index (χ0v) is 12.2. The van der Waals surface area contributed by atoms with Crippen LogP contribution in [0.2, 0.25) is 0 Å². The number of methoxy groups -OCH3 is 1. The van der Waals surface area contributed by atoms with E-state index >= 15 is 0 Å². The molecule has 0 atom stereocenters. The molecule has 1 saturated heterocycles. The molecule has 1 fully saturated rings. The molecule has 19 heavy (non-hydrogen) atoms. The highest BCUT2D eigenvalue weighted by Gasteiger charge is 2.17. The van der Waals surface area contributed by atoms with E-state index in [2.05, 4.69) is 6.07 Å². The molecule has 2 rings (SSSR count). The lowest BCUT2D eigenvalue weighted by molar-refractivity contribution is 0.184. The Balaban J connectivity index is 2.06. The van der Waals surface area contributed by atoms with Gasteiger partial charge in [0, 0.05) is 6.61 Å². The Morgan fingerprint density at radius 3 is 2.74 bits per heavy atom. The van der Waals surface area contributed by atoms with Crippen molar-refractivity contribution in [2.45, 2.75) is 31.8 Å². The van der Waals surface area contributed by atoms with Gasteiger partial charge in [-0.2, -0.15) is 11.8 Å². The highest BCUT2D eigenvalue weighted by Crippen LogP contribution is 2.31. The summed E-state index contributed by atoms with van der Waals surface area (Å²) < 4.78 is 11.5. The van der Waals surface area contributed by atoms with Crippen LogP contribution in [-0.2, 0) is 6.42 Å². The van der Waals surface area contributed by atoms with E-state index in [0.717, 1.165) is 37.2 Å². The summed E-state index contributed by atoms with van der Waals surface area (Å²) in [5, 5.41) is 8.90. The molecule has 0 spiro atoms. The van der Waals surface area contributed by atoms with E-state index in [9.17, 15) is 0 Å². The second-order valence-electron chi connectivity index (χ2n) is 4.74. The van der Waals surface area contributed by atoms with Gasteiger partial charge in [-0.25, -0.2) is 0 Å². The van der Waals surface area contributed by atoms with Crippen LogP contribution in [0.25, 0.3) is 0 Å². The number of hydrogen-bond acceptors (Lipinski definition) is 4. The van der Waals surface area contributed by atoms with Gasteiger partial charge >= 0.3 is 0 Å². The molecule has 1 aliphatic heterocycles. The van der Waals surface area contributed by atoms with Gasteiger partial charge in [0.2, 0.25) is 0 Å². The Labute approximate surface area is 119 Å². The van der Waals surface area contributed by atoms with Crippen LogP contribution in [-0.4, -0.2) is 36.4 Å². The Hall–Kier alpha value is -0.870. The van der Waals surface area contributed by atoms with Gasteiger partial charge < -0.3 is 14.6 Å². The first-order chi connectivity index (χ1) is 9.33. The minimum Gasteiger partial charge on any atom is -0.493 e. The lowest BCUT2D eigenvalue weighted by atomic mass is 10.1. The Kier molecular flexibility index (Phi) is 5.86. The number of thioether (sulfide) groups is 1. The van der Waals surface area contributed by atoms with E-state index in [1.165, 1.54) is 17.1 Å². The summed E-state index contributed by atoms with van der Waals surface area (Å²) in [6, 6.07) is 6.05. The molecule has 3 nitrogen and oxygen atoms in total. The molecule has 0 radical (unpaired) electrons. The van der Waals surface area contributed by atoms with Crippen LogP contribution >= 0.6 is 11.8 Å². The molecule has 0 aliphatic carbocycles. The fraction of sp³-hybridized carbons (Fsp3) is 0.600. The minimum atomic E-state index is 0.224. The van der Waals surface area contributed by atoms with Crippen molar-refractivity contribution >= 4 is 11.8 Å². The molecular formula is C15H22O3S. The van der Waals surface area contributed by atoms with Crippen LogP contribution < -0.4 is 9.47 Å². The molecule has 106 valence electrons. The molecule has 0 amide bonds. The maximum Gasteiger partial charge on any atom is 0.161 e. The molecule has 4 heteroatoms. The molecule has 1 N–H and O–H groups in total. The molecule has 1 aromatic rings. The fourth-order valence-electron chi connectivity index (χ4n) is 2.23. The van der Waals surface area contributed by atoms with E-state index in [4.69, 9.17) is 14.6 Å². The molecule has 1 aliphatic rings. The zero-order chi connectivity index (χ0) is 13.5. The van der Waals surface area contributed by atoms with Gasteiger partial charge in [-0.3, -0.25) is 0 Å². The molecule has 1 heterocycles. The Morgan fingerprint density at radius 1 is 1.26 bits per heavy atom. The van der Waals surface area contributed by atoms with Crippen LogP contribution in [0, 0.1) is 0 Å². The topological polar surface area (TPSA) is 38.7 Å². The highest BCUT2D eigenvalue weighted by atomic mass is 32.2. The smallest absolute Gasteiger partial charge is 0.161 e. The number of aliphatic hydroxyl groups excluding tert-OH is 1. The van der Waals surface area contributed by atoms with Crippen molar-refractivity contribution in [3.63, 3.8) is 0 Å². The van der Waals surface area contributed by atoms with Gasteiger partial charge in [0.25, 0.3) is 0 Å². The summed E-state index contributed by atoms with van der Waals surface area (Å²) >= 11 is 1.99. The van der Waals surface area contributed by atoms with Crippen molar-refractivity contribution in [3.8, 4) is 11.5 Å². The maximum absolute atomic E-state index is 8.90. The molecular weight excluding hydrogens is 260 g/mol. The van der Waals surface area contributed by atoms with Crippen molar-refractivity contribution < 1.29 is 14.6 Å². The van der Waals surface area contributed by atoms with Crippen LogP contribution in [0.4, 0.5) is 0 Å². The van der Waals surface area contributed by atoms with Crippen molar-refractivity contribution in [1.82, 2.24) is 0 Å². The third-order valence-electron chi connectivity index (χ3n) is 3.31. The van der Waals surface area contributed by atoms with E-state index in [-0.39, 0.29) is 6.61 Å². The molecule has 0 bridgehead atoms. The van der Waals surface area contributed by atoms with E-state index in [1.807, 2.05) is 23.9 Å². The predicted octanol–water partition coefficient (Wildman–Crippen LogP) is 2.89. The van der Waals surface area contributed by atoms with Gasteiger partial charge in [-0.1, -0.05) is 6.07 Å². The first-order valence-electron chi connectivity index (χ1n) is 6.85. The summed E-state index contributed by atoms with van der Waals surface area (Å²) in [7, 11) is 1.67. The number of rotatable bonds is 6. The number of hydrogen-bond donors (Lipinski definition) is 1. The van der Waals surface area contributed by atoms with Gasteiger partial charge in [0.1, 0.15) is 6.10 Å². The van der Waals surface area contributed by atoms with Crippen molar-refractivity contribution in [1.29, 1.82) is 0 Å². The lowest BCUT2D eigenvalue weighted by Gasteiger charge is -2.24. The van der Waals surface area contributed by atoms with Gasteiger partial charge in [0.15, 0.2) is 11.5 Å². The molecule has 0 aromatic heterocycles. The summed E-state index contributed by atoms with van der Waals surface area (Å²) in [6.45, 7) is 0.224. The fourth-order valence-corrected chi connectivity index (χ4v) is 3.29. The second-order valence-corrected chi connectivity index (χ2v) is 5.97. The van der Waals surface area contributed by atoms with E-state index in [1.54, 1.807) is 7.11 Å². The Morgan fingerprint density at radius 2 is 2.05 bits per heavy atom. The average Bonchev–Trinajstić information content (AvgIpc) is 2.46. The third kappa shape index (κ3) is 4.32. The van der Waals surface area contributed by atoms with Gasteiger partial charge in [0.05, 0.1) is 7.11 Å². The SMILES string of the molecule is COc1ccc(CCCO)cc1OC1CCSCC1. The quantitative estimate of drug-likeness (QED) is 0.871. The highest BCUT2D eigenvalue weighted by molar-refractivity contribution is 7.99. The van der Waals surface area contributed by atoms with Crippen molar-refractivity contribution in [2.24, 2.45) is 0 Å². The first kappa shape index (κ1) is 14.5. The lowest BCUT2D eigenvalue weighted by Crippen LogP contribution is -2.22. The standard InChI is InChI=1S/C15H22O3S/c1-17-14-5-4-12(3-2-8-16)11-15(14)18-13-6-9-19-10-7-13/h4-5,11,13,16H,2-3,6-10H2,1H3. The van der Waals surface area contributed by atoms with Crippen LogP contribution in [0.15, 0.2) is 18.2 Å². The summed E-state index contributed by atoms with van der Waals surface area (Å²) in [4.78, 5) is 0. The van der Waals surface area contributed by atoms with Crippen molar-refractivity contribution in [3.05, 3.63) is 23.8 Å². The van der Waals surface area contributed by atoms with E-state index in [0.29, 0.717) is 6.10 Å².